The predicted octanol–water partition coefficient (Wildman–Crippen LogP) is 4.43. The zero-order valence-corrected chi connectivity index (χ0v) is 12.5. The molecule has 0 radical (unpaired) electrons. The van der Waals surface area contributed by atoms with Crippen molar-refractivity contribution in [1.29, 1.82) is 0 Å². The fraction of sp³-hybridized carbons (Fsp3) is 0.250. The van der Waals surface area contributed by atoms with Crippen LogP contribution in [-0.2, 0) is 0 Å². The highest BCUT2D eigenvalue weighted by atomic mass is 35.5. The first kappa shape index (κ1) is 13.7. The summed E-state index contributed by atoms with van der Waals surface area (Å²) in [7, 11) is 0. The van der Waals surface area contributed by atoms with Gasteiger partial charge in [-0.3, -0.25) is 0 Å². The van der Waals surface area contributed by atoms with Gasteiger partial charge in [0, 0.05) is 18.3 Å². The molecular weight excluding hydrogens is 291 g/mol. The maximum absolute atomic E-state index is 6.09. The Kier molecular flexibility index (Phi) is 4.16. The Morgan fingerprint density at radius 1 is 1.00 bits per heavy atom. The number of hydrogen-bond acceptors (Lipinski definition) is 2. The zero-order valence-electron chi connectivity index (χ0n) is 11.0. The van der Waals surface area contributed by atoms with Gasteiger partial charge >= 0.3 is 0 Å². The molecule has 0 aliphatic carbocycles. The Balaban J connectivity index is 1.84. The van der Waals surface area contributed by atoms with E-state index in [-0.39, 0.29) is 0 Å². The maximum atomic E-state index is 6.09. The minimum atomic E-state index is 0.513. The number of rotatable bonds is 3. The third-order valence-corrected chi connectivity index (χ3v) is 4.29. The number of benzene rings is 2. The second kappa shape index (κ2) is 6.04. The van der Waals surface area contributed by atoms with E-state index < -0.39 is 0 Å². The first-order chi connectivity index (χ1) is 9.72. The summed E-state index contributed by atoms with van der Waals surface area (Å²) in [4.78, 5) is 0. The van der Waals surface area contributed by atoms with Crippen molar-refractivity contribution < 1.29 is 0 Å². The van der Waals surface area contributed by atoms with Crippen LogP contribution in [0.4, 0.5) is 5.69 Å². The first-order valence-corrected chi connectivity index (χ1v) is 7.51. The van der Waals surface area contributed by atoms with E-state index in [4.69, 9.17) is 23.2 Å². The van der Waals surface area contributed by atoms with Crippen LogP contribution in [0.15, 0.2) is 42.5 Å². The molecule has 0 aromatic heterocycles. The van der Waals surface area contributed by atoms with Gasteiger partial charge in [0.05, 0.1) is 10.0 Å². The van der Waals surface area contributed by atoms with Gasteiger partial charge in [-0.15, -0.1) is 0 Å². The van der Waals surface area contributed by atoms with Gasteiger partial charge in [0.15, 0.2) is 0 Å². The molecule has 2 aromatic carbocycles. The monoisotopic (exact) mass is 306 g/mol. The molecule has 1 heterocycles. The van der Waals surface area contributed by atoms with E-state index in [0.29, 0.717) is 16.1 Å². The lowest BCUT2D eigenvalue weighted by atomic mass is 10.0. The van der Waals surface area contributed by atoms with Gasteiger partial charge < -0.3 is 10.6 Å². The standard InChI is InChI=1S/C16H16Cl2N2/c17-15-5-4-12(9-16(15)18)11-2-1-3-13(8-11)20-14-6-7-19-10-14/h1-5,8-9,14,19-20H,6-7,10H2/t14-/m0/s1. The van der Waals surface area contributed by atoms with Gasteiger partial charge in [-0.25, -0.2) is 0 Å². The summed E-state index contributed by atoms with van der Waals surface area (Å²) >= 11 is 12.0. The number of hydrogen-bond donors (Lipinski definition) is 2. The lowest BCUT2D eigenvalue weighted by Gasteiger charge is -2.14. The molecule has 2 N–H and O–H groups in total. The lowest BCUT2D eigenvalue weighted by Crippen LogP contribution is -2.21. The van der Waals surface area contributed by atoms with Crippen molar-refractivity contribution >= 4 is 28.9 Å². The molecule has 1 atom stereocenters. The molecule has 20 heavy (non-hydrogen) atoms. The van der Waals surface area contributed by atoms with Crippen molar-refractivity contribution in [2.45, 2.75) is 12.5 Å². The molecule has 104 valence electrons. The van der Waals surface area contributed by atoms with Crippen molar-refractivity contribution in [2.24, 2.45) is 0 Å². The second-order valence-electron chi connectivity index (χ2n) is 5.04. The summed E-state index contributed by atoms with van der Waals surface area (Å²) in [5, 5.41) is 8.08. The molecule has 2 aromatic rings. The summed E-state index contributed by atoms with van der Waals surface area (Å²) in [6, 6.07) is 14.6. The second-order valence-corrected chi connectivity index (χ2v) is 5.86. The quantitative estimate of drug-likeness (QED) is 0.876. The van der Waals surface area contributed by atoms with E-state index in [1.54, 1.807) is 0 Å². The SMILES string of the molecule is Clc1ccc(-c2cccc(N[C@H]3CCNC3)c2)cc1Cl. The van der Waals surface area contributed by atoms with Crippen molar-refractivity contribution in [1.82, 2.24) is 5.32 Å². The molecule has 4 heteroatoms. The Morgan fingerprint density at radius 3 is 2.60 bits per heavy atom. The Morgan fingerprint density at radius 2 is 1.85 bits per heavy atom. The topological polar surface area (TPSA) is 24.1 Å². The van der Waals surface area contributed by atoms with Crippen LogP contribution in [0.2, 0.25) is 10.0 Å². The van der Waals surface area contributed by atoms with E-state index >= 15 is 0 Å². The van der Waals surface area contributed by atoms with Gasteiger partial charge in [0.2, 0.25) is 0 Å². The molecule has 1 fully saturated rings. The fourth-order valence-electron chi connectivity index (χ4n) is 2.48. The van der Waals surface area contributed by atoms with Gasteiger partial charge in [0.1, 0.15) is 0 Å². The third kappa shape index (κ3) is 3.09. The van der Waals surface area contributed by atoms with Crippen LogP contribution in [0.3, 0.4) is 0 Å². The fourth-order valence-corrected chi connectivity index (χ4v) is 2.78. The summed E-state index contributed by atoms with van der Waals surface area (Å²) in [6.07, 6.45) is 1.16. The molecule has 0 spiro atoms. The third-order valence-electron chi connectivity index (χ3n) is 3.55. The first-order valence-electron chi connectivity index (χ1n) is 6.75. The van der Waals surface area contributed by atoms with Crippen LogP contribution < -0.4 is 10.6 Å². The van der Waals surface area contributed by atoms with E-state index in [0.717, 1.165) is 36.3 Å². The van der Waals surface area contributed by atoms with Crippen LogP contribution in [-0.4, -0.2) is 19.1 Å². The van der Waals surface area contributed by atoms with Crippen LogP contribution in [0.5, 0.6) is 0 Å². The normalized spacial score (nSPS) is 18.2. The molecule has 1 aliphatic rings. The van der Waals surface area contributed by atoms with Gasteiger partial charge in [-0.2, -0.15) is 0 Å². The Labute approximate surface area is 129 Å². The predicted molar refractivity (Wildman–Crippen MR) is 86.8 cm³/mol. The summed E-state index contributed by atoms with van der Waals surface area (Å²) in [5.74, 6) is 0. The molecular formula is C16H16Cl2N2. The van der Waals surface area contributed by atoms with Crippen molar-refractivity contribution in [2.75, 3.05) is 18.4 Å². The van der Waals surface area contributed by atoms with Crippen molar-refractivity contribution in [3.05, 3.63) is 52.5 Å². The van der Waals surface area contributed by atoms with E-state index in [1.807, 2.05) is 18.2 Å². The maximum Gasteiger partial charge on any atom is 0.0598 e. The molecule has 1 saturated heterocycles. The van der Waals surface area contributed by atoms with Crippen LogP contribution >= 0.6 is 23.2 Å². The zero-order chi connectivity index (χ0) is 13.9. The van der Waals surface area contributed by atoms with Crippen LogP contribution in [0, 0.1) is 0 Å². The number of halogens is 2. The average Bonchev–Trinajstić information content (AvgIpc) is 2.95. The molecule has 3 rings (SSSR count). The minimum Gasteiger partial charge on any atom is -0.381 e. The van der Waals surface area contributed by atoms with E-state index in [9.17, 15) is 0 Å². The minimum absolute atomic E-state index is 0.513. The number of nitrogens with one attached hydrogen (secondary N) is 2. The van der Waals surface area contributed by atoms with Crippen molar-refractivity contribution in [3.8, 4) is 11.1 Å². The molecule has 0 bridgehead atoms. The largest absolute Gasteiger partial charge is 0.381 e. The highest BCUT2D eigenvalue weighted by Gasteiger charge is 2.13. The van der Waals surface area contributed by atoms with E-state index in [2.05, 4.69) is 34.9 Å². The molecule has 0 saturated carbocycles. The molecule has 1 aliphatic heterocycles. The molecule has 2 nitrogen and oxygen atoms in total. The Hall–Kier alpha value is -1.22. The van der Waals surface area contributed by atoms with Gasteiger partial charge in [-0.1, -0.05) is 41.4 Å². The van der Waals surface area contributed by atoms with Gasteiger partial charge in [-0.05, 0) is 48.4 Å². The summed E-state index contributed by atoms with van der Waals surface area (Å²) in [5.41, 5.74) is 3.36. The summed E-state index contributed by atoms with van der Waals surface area (Å²) in [6.45, 7) is 2.11. The average molecular weight is 307 g/mol. The molecule has 0 unspecified atom stereocenters. The lowest BCUT2D eigenvalue weighted by molar-refractivity contribution is 0.793. The van der Waals surface area contributed by atoms with Crippen LogP contribution in [0.1, 0.15) is 6.42 Å². The van der Waals surface area contributed by atoms with E-state index in [1.165, 1.54) is 0 Å². The smallest absolute Gasteiger partial charge is 0.0598 e. The highest BCUT2D eigenvalue weighted by Crippen LogP contribution is 2.29. The highest BCUT2D eigenvalue weighted by molar-refractivity contribution is 6.42. The molecule has 0 amide bonds. The Bertz CT molecular complexity index is 607. The number of anilines is 1. The summed E-state index contributed by atoms with van der Waals surface area (Å²) < 4.78 is 0. The van der Waals surface area contributed by atoms with Crippen LogP contribution in [0.25, 0.3) is 11.1 Å². The van der Waals surface area contributed by atoms with Crippen molar-refractivity contribution in [3.63, 3.8) is 0 Å². The van der Waals surface area contributed by atoms with Gasteiger partial charge in [0.25, 0.3) is 0 Å².